The van der Waals surface area contributed by atoms with E-state index in [1.54, 1.807) is 0 Å². The molecule has 0 aromatic heterocycles. The molecule has 0 saturated heterocycles. The first-order valence-corrected chi connectivity index (χ1v) is 8.21. The first-order chi connectivity index (χ1) is 11.9. The van der Waals surface area contributed by atoms with Gasteiger partial charge >= 0.3 is 0 Å². The van der Waals surface area contributed by atoms with E-state index in [4.69, 9.17) is 0 Å². The maximum atomic E-state index is 3.25. The van der Waals surface area contributed by atoms with E-state index in [1.165, 1.54) is 43.4 Å². The molecule has 0 aliphatic heterocycles. The van der Waals surface area contributed by atoms with E-state index in [-0.39, 0.29) is 0 Å². The van der Waals surface area contributed by atoms with Gasteiger partial charge in [0.1, 0.15) is 0 Å². The van der Waals surface area contributed by atoms with E-state index in [9.17, 15) is 0 Å². The summed E-state index contributed by atoms with van der Waals surface area (Å²) in [6.07, 6.45) is 0. The molecule has 0 heteroatoms. The Kier molecular flexibility index (Phi) is 2.89. The first-order valence-electron chi connectivity index (χ1n) is 8.21. The van der Waals surface area contributed by atoms with E-state index in [0.717, 1.165) is 0 Å². The number of benzene rings is 5. The van der Waals surface area contributed by atoms with E-state index in [1.807, 2.05) is 6.07 Å². The quantitative estimate of drug-likeness (QED) is 0.305. The van der Waals surface area contributed by atoms with Gasteiger partial charge in [0.05, 0.1) is 0 Å². The fraction of sp³-hybridized carbons (Fsp3) is 0. The van der Waals surface area contributed by atoms with Crippen LogP contribution in [0.3, 0.4) is 0 Å². The SMILES string of the molecule is [c]1ccc2cc3ccccc3c(-c3ccc4ccccc4c3)c2c1. The van der Waals surface area contributed by atoms with Crippen molar-refractivity contribution in [2.24, 2.45) is 0 Å². The molecular weight excluding hydrogens is 288 g/mol. The highest BCUT2D eigenvalue weighted by atomic mass is 14.1. The molecule has 5 rings (SSSR count). The maximum absolute atomic E-state index is 3.25. The van der Waals surface area contributed by atoms with Crippen LogP contribution in [0.5, 0.6) is 0 Å². The molecule has 0 aliphatic carbocycles. The zero-order valence-corrected chi connectivity index (χ0v) is 13.2. The van der Waals surface area contributed by atoms with E-state index < -0.39 is 0 Å². The van der Waals surface area contributed by atoms with Gasteiger partial charge in [-0.25, -0.2) is 0 Å². The summed E-state index contributed by atoms with van der Waals surface area (Å²) in [5, 5.41) is 7.63. The molecule has 0 N–H and O–H groups in total. The van der Waals surface area contributed by atoms with Crippen molar-refractivity contribution in [2.45, 2.75) is 0 Å². The lowest BCUT2D eigenvalue weighted by Gasteiger charge is -2.12. The molecule has 0 atom stereocenters. The summed E-state index contributed by atoms with van der Waals surface area (Å²) in [5.74, 6) is 0. The predicted molar refractivity (Wildman–Crippen MR) is 103 cm³/mol. The molecule has 111 valence electrons. The third-order valence-corrected chi connectivity index (χ3v) is 4.75. The summed E-state index contributed by atoms with van der Waals surface area (Å²) in [7, 11) is 0. The van der Waals surface area contributed by atoms with E-state index in [0.29, 0.717) is 0 Å². The largest absolute Gasteiger partial charge is 0.0616 e. The van der Waals surface area contributed by atoms with Crippen molar-refractivity contribution in [3.8, 4) is 11.1 Å². The van der Waals surface area contributed by atoms with Crippen LogP contribution >= 0.6 is 0 Å². The van der Waals surface area contributed by atoms with Crippen LogP contribution in [-0.2, 0) is 0 Å². The van der Waals surface area contributed by atoms with Gasteiger partial charge < -0.3 is 0 Å². The number of hydrogen-bond donors (Lipinski definition) is 0. The average Bonchev–Trinajstić information content (AvgIpc) is 2.65. The minimum atomic E-state index is 1.26. The van der Waals surface area contributed by atoms with Crippen LogP contribution in [0.2, 0.25) is 0 Å². The normalized spacial score (nSPS) is 11.3. The molecule has 0 unspecified atom stereocenters. The van der Waals surface area contributed by atoms with Crippen molar-refractivity contribution < 1.29 is 0 Å². The van der Waals surface area contributed by atoms with Gasteiger partial charge in [-0.3, -0.25) is 0 Å². The molecule has 0 fully saturated rings. The van der Waals surface area contributed by atoms with Gasteiger partial charge in [0, 0.05) is 0 Å². The van der Waals surface area contributed by atoms with Crippen molar-refractivity contribution in [3.63, 3.8) is 0 Å². The summed E-state index contributed by atoms with van der Waals surface area (Å²) in [6.45, 7) is 0. The monoisotopic (exact) mass is 303 g/mol. The lowest BCUT2D eigenvalue weighted by atomic mass is 9.91. The number of hydrogen-bond acceptors (Lipinski definition) is 0. The van der Waals surface area contributed by atoms with Crippen molar-refractivity contribution in [3.05, 3.63) is 97.1 Å². The first kappa shape index (κ1) is 13.3. The molecule has 5 aromatic carbocycles. The van der Waals surface area contributed by atoms with Crippen molar-refractivity contribution in [2.75, 3.05) is 0 Å². The summed E-state index contributed by atoms with van der Waals surface area (Å²) >= 11 is 0. The standard InChI is InChI=1S/C24H15/c1-2-8-18-15-21(14-13-17(18)7-1)24-22-11-5-3-9-19(22)16-20-10-4-6-12-23(20)24/h1-5,7-16H. The van der Waals surface area contributed by atoms with Crippen LogP contribution in [0.15, 0.2) is 91.0 Å². The van der Waals surface area contributed by atoms with Gasteiger partial charge in [-0.05, 0) is 67.7 Å². The Labute approximate surface area is 141 Å². The lowest BCUT2D eigenvalue weighted by Crippen LogP contribution is -1.86. The zero-order chi connectivity index (χ0) is 15.9. The average molecular weight is 303 g/mol. The molecular formula is C24H15. The Hall–Kier alpha value is -3.12. The van der Waals surface area contributed by atoms with Gasteiger partial charge in [-0.1, -0.05) is 72.8 Å². The highest BCUT2D eigenvalue weighted by Gasteiger charge is 2.10. The molecule has 1 radical (unpaired) electrons. The highest BCUT2D eigenvalue weighted by Crippen LogP contribution is 2.37. The fourth-order valence-electron chi connectivity index (χ4n) is 3.60. The highest BCUT2D eigenvalue weighted by molar-refractivity contribution is 6.13. The summed E-state index contributed by atoms with van der Waals surface area (Å²) in [4.78, 5) is 0. The minimum Gasteiger partial charge on any atom is -0.0616 e. The predicted octanol–water partition coefficient (Wildman–Crippen LogP) is 6.61. The van der Waals surface area contributed by atoms with Gasteiger partial charge in [0.15, 0.2) is 0 Å². The van der Waals surface area contributed by atoms with Crippen LogP contribution in [0.25, 0.3) is 43.4 Å². The lowest BCUT2D eigenvalue weighted by molar-refractivity contribution is 1.70. The van der Waals surface area contributed by atoms with Crippen molar-refractivity contribution >= 4 is 32.3 Å². The summed E-state index contributed by atoms with van der Waals surface area (Å²) in [6, 6.07) is 35.6. The zero-order valence-electron chi connectivity index (χ0n) is 13.2. The Morgan fingerprint density at radius 1 is 0.542 bits per heavy atom. The molecule has 0 nitrogen and oxygen atoms in total. The van der Waals surface area contributed by atoms with Crippen LogP contribution in [-0.4, -0.2) is 0 Å². The third-order valence-electron chi connectivity index (χ3n) is 4.75. The minimum absolute atomic E-state index is 1.26. The molecule has 0 heterocycles. The van der Waals surface area contributed by atoms with Crippen molar-refractivity contribution in [1.82, 2.24) is 0 Å². The Morgan fingerprint density at radius 3 is 2.21 bits per heavy atom. The van der Waals surface area contributed by atoms with E-state index >= 15 is 0 Å². The summed E-state index contributed by atoms with van der Waals surface area (Å²) < 4.78 is 0. The smallest absolute Gasteiger partial charge is 0.00264 e. The van der Waals surface area contributed by atoms with Crippen LogP contribution in [0.1, 0.15) is 0 Å². The number of fused-ring (bicyclic) bond motifs is 3. The second-order valence-electron chi connectivity index (χ2n) is 6.18. The second kappa shape index (κ2) is 5.21. The molecule has 0 spiro atoms. The van der Waals surface area contributed by atoms with E-state index in [2.05, 4.69) is 91.0 Å². The molecule has 0 amide bonds. The van der Waals surface area contributed by atoms with Gasteiger partial charge in [-0.15, -0.1) is 0 Å². The maximum Gasteiger partial charge on any atom is -0.00264 e. The van der Waals surface area contributed by atoms with Crippen LogP contribution < -0.4 is 0 Å². The second-order valence-corrected chi connectivity index (χ2v) is 6.18. The van der Waals surface area contributed by atoms with Gasteiger partial charge in [0.25, 0.3) is 0 Å². The summed E-state index contributed by atoms with van der Waals surface area (Å²) in [5.41, 5.74) is 2.56. The Balaban J connectivity index is 1.94. The number of rotatable bonds is 1. The van der Waals surface area contributed by atoms with Crippen LogP contribution in [0, 0.1) is 6.07 Å². The topological polar surface area (TPSA) is 0 Å². The fourth-order valence-corrected chi connectivity index (χ4v) is 3.60. The van der Waals surface area contributed by atoms with Gasteiger partial charge in [-0.2, -0.15) is 0 Å². The third kappa shape index (κ3) is 2.00. The molecule has 0 saturated carbocycles. The molecule has 0 aliphatic rings. The van der Waals surface area contributed by atoms with Gasteiger partial charge in [0.2, 0.25) is 0 Å². The Bertz CT molecular complexity index is 1140. The molecule has 24 heavy (non-hydrogen) atoms. The van der Waals surface area contributed by atoms with Crippen LogP contribution in [0.4, 0.5) is 0 Å². The molecule has 5 aromatic rings. The Morgan fingerprint density at radius 2 is 1.29 bits per heavy atom. The van der Waals surface area contributed by atoms with Crippen molar-refractivity contribution in [1.29, 1.82) is 0 Å². The molecule has 0 bridgehead atoms.